The molecule has 0 spiro atoms. The van der Waals surface area contributed by atoms with E-state index in [1.54, 1.807) is 34.5 Å². The Morgan fingerprint density at radius 2 is 1.40 bits per heavy atom. The first-order valence-electron chi connectivity index (χ1n) is 22.9. The zero-order chi connectivity index (χ0) is 46.6. The Balaban J connectivity index is 0.874. The van der Waals surface area contributed by atoms with Crippen LogP contribution in [0.2, 0.25) is 0 Å². The predicted molar refractivity (Wildman–Crippen MR) is 246 cm³/mol. The first-order chi connectivity index (χ1) is 32.5. The molecule has 6 aromatic rings. The van der Waals surface area contributed by atoms with Crippen molar-refractivity contribution in [3.63, 3.8) is 0 Å². The third kappa shape index (κ3) is 9.73. The lowest BCUT2D eigenvalue weighted by Gasteiger charge is -2.30. The van der Waals surface area contributed by atoms with Crippen molar-refractivity contribution in [3.8, 4) is 33.8 Å². The van der Waals surface area contributed by atoms with Crippen LogP contribution in [-0.4, -0.2) is 104 Å². The second-order valence-corrected chi connectivity index (χ2v) is 17.6. The van der Waals surface area contributed by atoms with Crippen molar-refractivity contribution in [2.75, 3.05) is 33.4 Å². The van der Waals surface area contributed by atoms with E-state index in [2.05, 4.69) is 25.6 Å². The maximum Gasteiger partial charge on any atom is 0.408 e. The first kappa shape index (κ1) is 45.0. The van der Waals surface area contributed by atoms with Gasteiger partial charge >= 0.3 is 12.2 Å². The van der Waals surface area contributed by atoms with Gasteiger partial charge in [-0.05, 0) is 66.8 Å². The molecule has 67 heavy (non-hydrogen) atoms. The van der Waals surface area contributed by atoms with Crippen molar-refractivity contribution in [1.29, 1.82) is 0 Å². The van der Waals surface area contributed by atoms with Gasteiger partial charge < -0.3 is 44.6 Å². The minimum absolute atomic E-state index is 0.166. The number of pyridine rings is 1. The molecular formula is C50H54FN9O7. The van der Waals surface area contributed by atoms with Gasteiger partial charge in [-0.15, -0.1) is 0 Å². The summed E-state index contributed by atoms with van der Waals surface area (Å²) in [6.45, 7) is 5.80. The van der Waals surface area contributed by atoms with Crippen LogP contribution in [0.1, 0.15) is 87.7 Å². The molecule has 17 heteroatoms. The van der Waals surface area contributed by atoms with E-state index in [4.69, 9.17) is 24.2 Å². The number of nitrogens with one attached hydrogen (secondary N) is 4. The van der Waals surface area contributed by atoms with Gasteiger partial charge in [-0.1, -0.05) is 62.4 Å². The molecule has 3 saturated heterocycles. The highest BCUT2D eigenvalue weighted by Gasteiger charge is 2.39. The number of imidazole rings is 2. The number of ether oxygens (including phenoxy) is 3. The number of aromatic amines is 2. The number of methoxy groups -OCH3 is 1. The summed E-state index contributed by atoms with van der Waals surface area (Å²) in [6.07, 6.45) is 7.70. The summed E-state index contributed by atoms with van der Waals surface area (Å²) < 4.78 is 31.7. The number of hydrogen-bond acceptors (Lipinski definition) is 10. The number of amides is 4. The van der Waals surface area contributed by atoms with E-state index in [0.717, 1.165) is 34.9 Å². The Morgan fingerprint density at radius 1 is 0.731 bits per heavy atom. The molecule has 3 fully saturated rings. The Kier molecular flexibility index (Phi) is 13.3. The summed E-state index contributed by atoms with van der Waals surface area (Å²) in [5.41, 5.74) is 4.35. The summed E-state index contributed by atoms with van der Waals surface area (Å²) in [7, 11) is 1.26. The van der Waals surface area contributed by atoms with Gasteiger partial charge in [0.05, 0.1) is 61.9 Å². The van der Waals surface area contributed by atoms with E-state index in [1.807, 2.05) is 74.5 Å². The van der Waals surface area contributed by atoms with Gasteiger partial charge in [-0.25, -0.2) is 23.9 Å². The smallest absolute Gasteiger partial charge is 0.408 e. The maximum atomic E-state index is 15.9. The second-order valence-electron chi connectivity index (χ2n) is 17.6. The number of benzene rings is 3. The number of alkyl carbamates (subject to hydrolysis) is 2. The molecule has 3 aliphatic rings. The van der Waals surface area contributed by atoms with Gasteiger partial charge in [0, 0.05) is 54.2 Å². The minimum atomic E-state index is -0.933. The molecular weight excluding hydrogens is 858 g/mol. The van der Waals surface area contributed by atoms with Crippen molar-refractivity contribution < 1.29 is 37.8 Å². The number of fused-ring (bicyclic) bond motifs is 1. The van der Waals surface area contributed by atoms with Crippen molar-refractivity contribution in [2.45, 2.75) is 82.6 Å². The van der Waals surface area contributed by atoms with Gasteiger partial charge in [0.2, 0.25) is 5.91 Å². The average Bonchev–Trinajstić information content (AvgIpc) is 4.20. The number of carbonyl (C=O) groups is 4. The lowest BCUT2D eigenvalue weighted by Crippen LogP contribution is -2.51. The monoisotopic (exact) mass is 911 g/mol. The Morgan fingerprint density at radius 3 is 2.09 bits per heavy atom. The highest BCUT2D eigenvalue weighted by molar-refractivity contribution is 5.90. The topological polar surface area (TPSA) is 197 Å². The van der Waals surface area contributed by atoms with E-state index >= 15 is 4.39 Å². The van der Waals surface area contributed by atoms with Crippen LogP contribution in [0.3, 0.4) is 0 Å². The number of aromatic nitrogens is 5. The molecule has 6 heterocycles. The molecule has 0 bridgehead atoms. The van der Waals surface area contributed by atoms with Gasteiger partial charge in [-0.2, -0.15) is 0 Å². The fraction of sp³-hybridized carbons (Fsp3) is 0.380. The SMILES string of the molecule is COC(=O)N[C@H](C(=O)N1CCC[C@H]1c1ncc(-c2ccc(-c3cc4ccc(-c5cnc([C@@H]6CCCN6C(=O)[C@H](NC(=O)OC6CCOCC6)c6ccccc6)[nH]5)cc4cn3)cc2F)[nH]1)C(C)C. The largest absolute Gasteiger partial charge is 0.453 e. The number of hydrogen-bond donors (Lipinski definition) is 4. The summed E-state index contributed by atoms with van der Waals surface area (Å²) in [6, 6.07) is 19.7. The lowest BCUT2D eigenvalue weighted by molar-refractivity contribution is -0.136. The summed E-state index contributed by atoms with van der Waals surface area (Å²) >= 11 is 0. The van der Waals surface area contributed by atoms with E-state index in [9.17, 15) is 19.2 Å². The van der Waals surface area contributed by atoms with Crippen LogP contribution in [-0.2, 0) is 23.8 Å². The van der Waals surface area contributed by atoms with Crippen LogP contribution in [0.25, 0.3) is 44.5 Å². The molecule has 3 aromatic carbocycles. The molecule has 0 unspecified atom stereocenters. The summed E-state index contributed by atoms with van der Waals surface area (Å²) in [4.78, 5) is 77.2. The standard InChI is InChI=1S/C50H54FN9O7/c1-29(2)43(57-49(63)65-3)47(61)59-19-7-12-42(59)46-54-28-40(56-46)36-16-15-33(24-37(36)51)38-25-31-13-14-32(23-34(31)26-52-38)39-27-53-45(55-39)41-11-8-20-60(41)48(62)44(30-9-5-4-6-10-30)58-50(64)67-35-17-21-66-22-18-35/h4-6,9-10,13-16,23-29,35,41-44H,7-8,11-12,17-22H2,1-3H3,(H,53,55)(H,54,56)(H,57,63)(H,58,64)/t41-,42-,43-,44+/m0/s1. The normalized spacial score (nSPS) is 18.5. The van der Waals surface area contributed by atoms with E-state index < -0.39 is 30.1 Å². The number of halogens is 1. The Labute approximate surface area is 387 Å². The van der Waals surface area contributed by atoms with E-state index in [1.165, 1.54) is 13.2 Å². The van der Waals surface area contributed by atoms with E-state index in [0.29, 0.717) is 91.7 Å². The van der Waals surface area contributed by atoms with Crippen LogP contribution < -0.4 is 10.6 Å². The highest BCUT2D eigenvalue weighted by atomic mass is 19.1. The first-order valence-corrected chi connectivity index (χ1v) is 22.9. The summed E-state index contributed by atoms with van der Waals surface area (Å²) in [5.74, 6) is 0.131. The third-order valence-corrected chi connectivity index (χ3v) is 13.0. The fourth-order valence-corrected chi connectivity index (χ4v) is 9.36. The molecule has 4 N–H and O–H groups in total. The van der Waals surface area contributed by atoms with Crippen molar-refractivity contribution in [1.82, 2.24) is 45.4 Å². The molecule has 0 aliphatic carbocycles. The number of likely N-dealkylation sites (tertiary alicyclic amines) is 2. The number of carbonyl (C=O) groups excluding carboxylic acids is 4. The molecule has 4 amide bonds. The molecule has 0 saturated carbocycles. The lowest BCUT2D eigenvalue weighted by atomic mass is 10.0. The number of nitrogens with zero attached hydrogens (tertiary/aromatic N) is 5. The molecule has 348 valence electrons. The molecule has 0 radical (unpaired) electrons. The minimum Gasteiger partial charge on any atom is -0.453 e. The van der Waals surface area contributed by atoms with Crippen molar-refractivity contribution in [2.24, 2.45) is 5.92 Å². The molecule has 4 atom stereocenters. The van der Waals surface area contributed by atoms with Crippen LogP contribution >= 0.6 is 0 Å². The number of rotatable bonds is 12. The Hall–Kier alpha value is -7.14. The molecule has 3 aromatic heterocycles. The van der Waals surface area contributed by atoms with Crippen LogP contribution in [0.4, 0.5) is 14.0 Å². The summed E-state index contributed by atoms with van der Waals surface area (Å²) in [5, 5.41) is 7.30. The molecule has 9 rings (SSSR count). The van der Waals surface area contributed by atoms with E-state index in [-0.39, 0.29) is 35.9 Å². The molecule has 16 nitrogen and oxygen atoms in total. The predicted octanol–water partition coefficient (Wildman–Crippen LogP) is 8.18. The quantitative estimate of drug-likeness (QED) is 0.0930. The highest BCUT2D eigenvalue weighted by Crippen LogP contribution is 2.37. The van der Waals surface area contributed by atoms with Crippen LogP contribution in [0, 0.1) is 11.7 Å². The van der Waals surface area contributed by atoms with Gasteiger partial charge in [-0.3, -0.25) is 14.6 Å². The van der Waals surface area contributed by atoms with Gasteiger partial charge in [0.15, 0.2) is 0 Å². The van der Waals surface area contributed by atoms with Crippen molar-refractivity contribution >= 4 is 34.8 Å². The van der Waals surface area contributed by atoms with Crippen LogP contribution in [0.15, 0.2) is 91.4 Å². The fourth-order valence-electron chi connectivity index (χ4n) is 9.36. The van der Waals surface area contributed by atoms with Gasteiger partial charge in [0.1, 0.15) is 35.7 Å². The van der Waals surface area contributed by atoms with Crippen molar-refractivity contribution in [3.05, 3.63) is 114 Å². The Bertz CT molecular complexity index is 2750. The average molecular weight is 912 g/mol. The third-order valence-electron chi connectivity index (χ3n) is 13.0. The molecule has 3 aliphatic heterocycles. The zero-order valence-electron chi connectivity index (χ0n) is 37.7. The van der Waals surface area contributed by atoms with Crippen LogP contribution in [0.5, 0.6) is 0 Å². The zero-order valence-corrected chi connectivity index (χ0v) is 37.7. The maximum absolute atomic E-state index is 15.9. The van der Waals surface area contributed by atoms with Gasteiger partial charge in [0.25, 0.3) is 5.91 Å². The number of H-pyrrole nitrogens is 2. The second kappa shape index (κ2) is 19.8.